The fourth-order valence-electron chi connectivity index (χ4n) is 7.78. The van der Waals surface area contributed by atoms with Gasteiger partial charge in [-0.1, -0.05) is 65.7 Å². The van der Waals surface area contributed by atoms with Crippen molar-refractivity contribution in [3.8, 4) is 0 Å². The van der Waals surface area contributed by atoms with Crippen molar-refractivity contribution in [1.82, 2.24) is 18.7 Å². The molecular formula is C44H34N4O8P2Y-2. The predicted molar refractivity (Wildman–Crippen MR) is 219 cm³/mol. The molecule has 293 valence electrons. The fraction of sp³-hybridized carbons (Fsp3) is 0.159. The molecule has 4 aliphatic rings. The van der Waals surface area contributed by atoms with Crippen LogP contribution in [0.5, 0.6) is 0 Å². The van der Waals surface area contributed by atoms with Gasteiger partial charge in [0.05, 0.1) is 31.8 Å². The molecule has 2 saturated heterocycles. The van der Waals surface area contributed by atoms with Gasteiger partial charge in [0.1, 0.15) is 8.88 Å². The molecule has 5 aromatic rings. The van der Waals surface area contributed by atoms with Crippen LogP contribution in [0.15, 0.2) is 110 Å². The van der Waals surface area contributed by atoms with Crippen molar-refractivity contribution in [3.05, 3.63) is 150 Å². The number of hydrogen-bond donors (Lipinski definition) is 0. The van der Waals surface area contributed by atoms with Crippen LogP contribution in [0.25, 0.3) is 21.5 Å². The summed E-state index contributed by atoms with van der Waals surface area (Å²) >= 11 is 0. The third-order valence-electron chi connectivity index (χ3n) is 10.6. The first-order valence-electron chi connectivity index (χ1n) is 18.5. The summed E-state index contributed by atoms with van der Waals surface area (Å²) in [7, 11) is -1.30. The second kappa shape index (κ2) is 17.2. The molecule has 59 heavy (non-hydrogen) atoms. The smallest absolute Gasteiger partial charge is 0.266 e. The van der Waals surface area contributed by atoms with E-state index in [4.69, 9.17) is 0 Å². The van der Waals surface area contributed by atoms with E-state index >= 15 is 0 Å². The van der Waals surface area contributed by atoms with Crippen LogP contribution in [0.3, 0.4) is 0 Å². The quantitative estimate of drug-likeness (QED) is 0.0637. The molecule has 0 saturated carbocycles. The van der Waals surface area contributed by atoms with Crippen molar-refractivity contribution in [2.24, 2.45) is 11.8 Å². The number of hydrogen-bond acceptors (Lipinski definition) is 8. The van der Waals surface area contributed by atoms with E-state index in [1.165, 1.54) is 39.2 Å². The molecule has 4 unspecified atom stereocenters. The van der Waals surface area contributed by atoms with Crippen LogP contribution in [0.2, 0.25) is 0 Å². The number of nitrogens with zero attached hydrogens (tertiary/aromatic N) is 4. The van der Waals surface area contributed by atoms with Crippen molar-refractivity contribution in [2.75, 3.05) is 0 Å². The van der Waals surface area contributed by atoms with E-state index in [0.717, 1.165) is 24.2 Å². The van der Waals surface area contributed by atoms with Crippen molar-refractivity contribution in [2.45, 2.75) is 32.1 Å². The second-order valence-corrected chi connectivity index (χ2v) is 16.4. The van der Waals surface area contributed by atoms with E-state index in [0.29, 0.717) is 30.4 Å². The summed E-state index contributed by atoms with van der Waals surface area (Å²) in [5.74, 6) is -4.29. The third-order valence-corrected chi connectivity index (χ3v) is 13.2. The molecule has 0 spiro atoms. The van der Waals surface area contributed by atoms with Gasteiger partial charge in [-0.15, -0.1) is 52.4 Å². The molecule has 4 atom stereocenters. The molecular weight excluding hydrogens is 863 g/mol. The Kier molecular flexibility index (Phi) is 12.2. The van der Waals surface area contributed by atoms with Crippen molar-refractivity contribution in [1.29, 1.82) is 0 Å². The number of benzene rings is 4. The van der Waals surface area contributed by atoms with E-state index in [9.17, 15) is 38.4 Å². The molecule has 2 fully saturated rings. The molecule has 1 radical (unpaired) electrons. The number of rotatable bonds is 10. The topological polar surface area (TPSA) is 150 Å². The van der Waals surface area contributed by atoms with Crippen LogP contribution in [-0.4, -0.2) is 65.9 Å². The molecule has 15 heteroatoms. The average Bonchev–Trinajstić information content (AvgIpc) is 3.93. The number of allylic oxidation sites excluding steroid dienone is 2. The summed E-state index contributed by atoms with van der Waals surface area (Å²) in [5.41, 5.74) is 3.24. The average molecular weight is 898 g/mol. The van der Waals surface area contributed by atoms with Crippen molar-refractivity contribution >= 4 is 86.6 Å². The molecule has 5 aromatic carbocycles. The maximum absolute atomic E-state index is 13.2. The number of imide groups is 4. The Bertz CT molecular complexity index is 2590. The van der Waals surface area contributed by atoms with Crippen LogP contribution in [0.4, 0.5) is 0 Å². The molecule has 0 aliphatic carbocycles. The zero-order valence-electron chi connectivity index (χ0n) is 31.5. The zero-order chi connectivity index (χ0) is 40.8. The summed E-state index contributed by atoms with van der Waals surface area (Å²) in [6.45, 7) is 7.19. The Morgan fingerprint density at radius 1 is 0.610 bits per heavy atom. The van der Waals surface area contributed by atoms with E-state index in [-0.39, 0.29) is 80.3 Å². The fourth-order valence-corrected chi connectivity index (χ4v) is 9.99. The maximum atomic E-state index is 13.2. The zero-order valence-corrected chi connectivity index (χ0v) is 36.3. The molecule has 0 aromatic heterocycles. The SMILES string of the molecule is C=CCC1CC(=O)N(PN2C(=O)c3c[c-]ccc3C2=O)C1=O.C=CCC1CC(=O)N(PN2C(=O)c3ccc(C[c-]4c5ccccc5c5ccccc54)cc3C2=O)C1=O.[Y]. The van der Waals surface area contributed by atoms with Crippen LogP contribution in [0.1, 0.15) is 78.2 Å². The minimum Gasteiger partial charge on any atom is -0.283 e. The first-order chi connectivity index (χ1) is 28.0. The Hall–Kier alpha value is -5.25. The monoisotopic (exact) mass is 897 g/mol. The van der Waals surface area contributed by atoms with E-state index < -0.39 is 53.2 Å². The summed E-state index contributed by atoms with van der Waals surface area (Å²) in [4.78, 5) is 100.0. The van der Waals surface area contributed by atoms with E-state index in [1.807, 2.05) is 30.3 Å². The summed E-state index contributed by atoms with van der Waals surface area (Å²) < 4.78 is 4.01. The number of amides is 8. The maximum Gasteiger partial charge on any atom is 0.266 e. The molecule has 4 heterocycles. The molecule has 8 amide bonds. The Morgan fingerprint density at radius 2 is 1.08 bits per heavy atom. The molecule has 0 bridgehead atoms. The van der Waals surface area contributed by atoms with Crippen LogP contribution < -0.4 is 0 Å². The number of carbonyl (C=O) groups is 8. The van der Waals surface area contributed by atoms with Gasteiger partial charge in [0, 0.05) is 45.6 Å². The first kappa shape index (κ1) is 41.9. The molecule has 12 nitrogen and oxygen atoms in total. The van der Waals surface area contributed by atoms with Crippen LogP contribution >= 0.6 is 17.8 Å². The summed E-state index contributed by atoms with van der Waals surface area (Å²) in [6.07, 6.45) is 4.76. The van der Waals surface area contributed by atoms with Gasteiger partial charge in [0.2, 0.25) is 35.4 Å². The van der Waals surface area contributed by atoms with Gasteiger partial charge in [-0.25, -0.2) is 18.7 Å². The second-order valence-electron chi connectivity index (χ2n) is 14.2. The van der Waals surface area contributed by atoms with Gasteiger partial charge in [-0.2, -0.15) is 24.3 Å². The first-order valence-corrected chi connectivity index (χ1v) is 20.2. The number of carbonyl (C=O) groups excluding carboxylic acids is 8. The minimum atomic E-state index is -0.669. The third kappa shape index (κ3) is 7.48. The Labute approximate surface area is 367 Å². The van der Waals surface area contributed by atoms with E-state index in [2.05, 4.69) is 43.5 Å². The summed E-state index contributed by atoms with van der Waals surface area (Å²) in [5, 5.41) is 4.73. The molecule has 9 rings (SSSR count). The largest absolute Gasteiger partial charge is 0.283 e. The summed E-state index contributed by atoms with van der Waals surface area (Å²) in [6, 6.07) is 29.1. The van der Waals surface area contributed by atoms with Gasteiger partial charge < -0.3 is 0 Å². The molecule has 0 N–H and O–H groups in total. The van der Waals surface area contributed by atoms with Gasteiger partial charge in [0.15, 0.2) is 0 Å². The van der Waals surface area contributed by atoms with Gasteiger partial charge in [-0.3, -0.25) is 38.4 Å². The normalized spacial score (nSPS) is 18.9. The van der Waals surface area contributed by atoms with Crippen LogP contribution in [-0.2, 0) is 58.3 Å². The number of fused-ring (bicyclic) bond motifs is 5. The van der Waals surface area contributed by atoms with Crippen molar-refractivity contribution < 1.29 is 71.1 Å². The minimum absolute atomic E-state index is 0. The van der Waals surface area contributed by atoms with Gasteiger partial charge in [0.25, 0.3) is 11.8 Å². The van der Waals surface area contributed by atoms with Gasteiger partial charge in [-0.05, 0) is 37.0 Å². The van der Waals surface area contributed by atoms with Crippen molar-refractivity contribution in [3.63, 3.8) is 0 Å². The van der Waals surface area contributed by atoms with Gasteiger partial charge >= 0.3 is 0 Å². The predicted octanol–water partition coefficient (Wildman–Crippen LogP) is 6.90. The molecule has 4 aliphatic heterocycles. The van der Waals surface area contributed by atoms with Crippen LogP contribution in [0, 0.1) is 17.9 Å². The Balaban J connectivity index is 0.000000198. The Morgan fingerprint density at radius 3 is 1.59 bits per heavy atom. The standard InChI is InChI=1S/C29H22N2O4P.C15H12N2O4P.Y/c1-2-7-18-16-26(32)30(27(18)33)36-31-28(34)23-13-12-17(15-25(23)29(31)35)14-24-21-10-5-3-8-19(21)20-9-4-6-11-22(20)24;1-2-5-9-8-12(18)16(13(9)19)22-17-14(20)10-6-3-4-7-11(10)15(17)21;/h2-6,8-13,15,18,36H,1,7,14,16H2;2-3,6-7,9,22H,1,5,8H2;/q2*-1;. The van der Waals surface area contributed by atoms with E-state index in [1.54, 1.807) is 30.4 Å².